The molecule has 2 amide bonds. The lowest BCUT2D eigenvalue weighted by atomic mass is 10.2. The Kier molecular flexibility index (Phi) is 4.04. The van der Waals surface area contributed by atoms with Crippen molar-refractivity contribution < 1.29 is 4.79 Å². The molecular weight excluding hydrogens is 264 g/mol. The first-order valence-corrected chi connectivity index (χ1v) is 4.82. The van der Waals surface area contributed by atoms with Gasteiger partial charge in [-0.25, -0.2) is 10.2 Å². The van der Waals surface area contributed by atoms with Crippen LogP contribution in [0.25, 0.3) is 0 Å². The van der Waals surface area contributed by atoms with Crippen LogP contribution in [0, 0.1) is 4.91 Å². The molecule has 1 aromatic carbocycles. The lowest BCUT2D eigenvalue weighted by Crippen LogP contribution is -2.41. The van der Waals surface area contributed by atoms with Gasteiger partial charge in [0.05, 0.1) is 11.8 Å². The first-order chi connectivity index (χ1) is 7.11. The van der Waals surface area contributed by atoms with Gasteiger partial charge in [0.25, 0.3) is 0 Å². The van der Waals surface area contributed by atoms with Crippen molar-refractivity contribution in [1.29, 1.82) is 0 Å². The Morgan fingerprint density at radius 1 is 1.47 bits per heavy atom. The molecule has 0 atom stereocenters. The molecule has 80 valence electrons. The number of amides is 2. The van der Waals surface area contributed by atoms with Gasteiger partial charge < -0.3 is 5.73 Å². The fourth-order valence-electron chi connectivity index (χ4n) is 0.979. The Morgan fingerprint density at radius 2 is 2.07 bits per heavy atom. The molecule has 0 radical (unpaired) electrons. The molecule has 15 heavy (non-hydrogen) atoms. The molecule has 0 bridgehead atoms. The number of benzene rings is 1. The van der Waals surface area contributed by atoms with Gasteiger partial charge in [0.1, 0.15) is 0 Å². The number of rotatable bonds is 4. The Balaban J connectivity index is 2.62. The number of nitrogens with zero attached hydrogens (tertiary/aromatic N) is 2. The van der Waals surface area contributed by atoms with E-state index in [0.717, 1.165) is 15.2 Å². The zero-order valence-electron chi connectivity index (χ0n) is 7.68. The van der Waals surface area contributed by atoms with Crippen LogP contribution in [0.15, 0.2) is 34.0 Å². The predicted octanol–water partition coefficient (Wildman–Crippen LogP) is 1.52. The van der Waals surface area contributed by atoms with Crippen molar-refractivity contribution in [1.82, 2.24) is 10.5 Å². The number of hydrogen-bond donors (Lipinski definition) is 2. The second kappa shape index (κ2) is 5.30. The zero-order valence-corrected chi connectivity index (χ0v) is 9.27. The molecule has 1 aromatic rings. The quantitative estimate of drug-likeness (QED) is 0.643. The molecule has 0 aliphatic carbocycles. The normalized spacial score (nSPS) is 9.40. The Morgan fingerprint density at radius 3 is 2.53 bits per heavy atom. The van der Waals surface area contributed by atoms with Crippen LogP contribution < -0.4 is 11.2 Å². The summed E-state index contributed by atoms with van der Waals surface area (Å²) < 4.78 is 0.930. The summed E-state index contributed by atoms with van der Waals surface area (Å²) in [7, 11) is 0. The molecule has 3 N–H and O–H groups in total. The molecule has 0 spiro atoms. The van der Waals surface area contributed by atoms with Crippen LogP contribution in [0.5, 0.6) is 0 Å². The van der Waals surface area contributed by atoms with E-state index in [1.54, 1.807) is 12.1 Å². The fraction of sp³-hybridized carbons (Fsp3) is 0.125. The summed E-state index contributed by atoms with van der Waals surface area (Å²) in [6, 6.07) is 6.41. The van der Waals surface area contributed by atoms with Gasteiger partial charge in [-0.2, -0.15) is 5.12 Å². The van der Waals surface area contributed by atoms with Gasteiger partial charge >= 0.3 is 6.03 Å². The van der Waals surface area contributed by atoms with Crippen LogP contribution in [-0.4, -0.2) is 11.1 Å². The number of primary amides is 1. The van der Waals surface area contributed by atoms with Crippen molar-refractivity contribution in [2.24, 2.45) is 11.0 Å². The van der Waals surface area contributed by atoms with Crippen molar-refractivity contribution in [3.05, 3.63) is 39.2 Å². The number of urea groups is 1. The Hall–Kier alpha value is -1.63. The minimum absolute atomic E-state index is 0.166. The van der Waals surface area contributed by atoms with E-state index in [2.05, 4.69) is 26.6 Å². The molecule has 0 aliphatic heterocycles. The van der Waals surface area contributed by atoms with E-state index in [1.807, 2.05) is 12.1 Å². The van der Waals surface area contributed by atoms with Crippen LogP contribution in [-0.2, 0) is 6.54 Å². The molecule has 1 rings (SSSR count). The molecule has 0 saturated heterocycles. The molecule has 0 saturated carbocycles. The lowest BCUT2D eigenvalue weighted by molar-refractivity contribution is 0.180. The lowest BCUT2D eigenvalue weighted by Gasteiger charge is -2.14. The van der Waals surface area contributed by atoms with Crippen LogP contribution in [0.1, 0.15) is 5.56 Å². The Labute approximate surface area is 94.5 Å². The summed E-state index contributed by atoms with van der Waals surface area (Å²) in [6.45, 7) is 0.166. The Bertz CT molecular complexity index is 354. The molecule has 6 nitrogen and oxygen atoms in total. The van der Waals surface area contributed by atoms with Gasteiger partial charge in [0.15, 0.2) is 0 Å². The largest absolute Gasteiger partial charge is 0.350 e. The third kappa shape index (κ3) is 3.94. The number of nitrogens with one attached hydrogen (secondary N) is 1. The predicted molar refractivity (Wildman–Crippen MR) is 58.2 cm³/mol. The highest BCUT2D eigenvalue weighted by Gasteiger charge is 2.05. The van der Waals surface area contributed by atoms with Gasteiger partial charge in [0.2, 0.25) is 0 Å². The SMILES string of the molecule is NC(=O)NN(Cc1ccc(Br)cc1)N=O. The average Bonchev–Trinajstić information content (AvgIpc) is 2.19. The third-order valence-corrected chi connectivity index (χ3v) is 2.11. The number of carbonyl (C=O) groups excluding carboxylic acids is 1. The summed E-state index contributed by atoms with van der Waals surface area (Å²) in [4.78, 5) is 20.8. The topological polar surface area (TPSA) is 87.8 Å². The van der Waals surface area contributed by atoms with Crippen LogP contribution in [0.3, 0.4) is 0 Å². The zero-order chi connectivity index (χ0) is 11.3. The monoisotopic (exact) mass is 272 g/mol. The molecule has 0 unspecified atom stereocenters. The van der Waals surface area contributed by atoms with Crippen LogP contribution >= 0.6 is 15.9 Å². The summed E-state index contributed by atoms with van der Waals surface area (Å²) in [5.74, 6) is 0. The van der Waals surface area contributed by atoms with E-state index >= 15 is 0 Å². The molecule has 0 heterocycles. The number of nitroso groups, excluding NO2 is 1. The van der Waals surface area contributed by atoms with Gasteiger partial charge in [-0.05, 0) is 17.7 Å². The van der Waals surface area contributed by atoms with E-state index < -0.39 is 6.03 Å². The van der Waals surface area contributed by atoms with Crippen molar-refractivity contribution >= 4 is 22.0 Å². The van der Waals surface area contributed by atoms with Gasteiger partial charge in [0, 0.05) is 4.47 Å². The molecule has 0 fully saturated rings. The second-order valence-electron chi connectivity index (χ2n) is 2.74. The van der Waals surface area contributed by atoms with E-state index in [1.165, 1.54) is 0 Å². The average molecular weight is 273 g/mol. The summed E-state index contributed by atoms with van der Waals surface area (Å²) in [5.41, 5.74) is 7.75. The summed E-state index contributed by atoms with van der Waals surface area (Å²) in [5, 5.41) is 3.43. The second-order valence-corrected chi connectivity index (χ2v) is 3.66. The minimum Gasteiger partial charge on any atom is -0.350 e. The number of hydrogen-bond acceptors (Lipinski definition) is 3. The van der Waals surface area contributed by atoms with E-state index in [-0.39, 0.29) is 6.54 Å². The highest BCUT2D eigenvalue weighted by Crippen LogP contribution is 2.11. The van der Waals surface area contributed by atoms with Crippen molar-refractivity contribution in [2.75, 3.05) is 0 Å². The maximum Gasteiger partial charge on any atom is 0.332 e. The van der Waals surface area contributed by atoms with Gasteiger partial charge in [-0.1, -0.05) is 28.1 Å². The highest BCUT2D eigenvalue weighted by molar-refractivity contribution is 9.10. The number of hydrazine groups is 1. The van der Waals surface area contributed by atoms with Gasteiger partial charge in [-0.15, -0.1) is 4.91 Å². The van der Waals surface area contributed by atoms with Crippen LogP contribution in [0.4, 0.5) is 4.79 Å². The first-order valence-electron chi connectivity index (χ1n) is 4.03. The van der Waals surface area contributed by atoms with Crippen molar-refractivity contribution in [3.63, 3.8) is 0 Å². The number of nitrogens with two attached hydrogens (primary N) is 1. The minimum atomic E-state index is -0.827. The van der Waals surface area contributed by atoms with Crippen molar-refractivity contribution in [2.45, 2.75) is 6.54 Å². The van der Waals surface area contributed by atoms with Gasteiger partial charge in [-0.3, -0.25) is 0 Å². The van der Waals surface area contributed by atoms with Crippen LogP contribution in [0.2, 0.25) is 0 Å². The van der Waals surface area contributed by atoms with E-state index in [4.69, 9.17) is 5.73 Å². The third-order valence-electron chi connectivity index (χ3n) is 1.58. The molecule has 0 aromatic heterocycles. The van der Waals surface area contributed by atoms with E-state index in [9.17, 15) is 9.70 Å². The molecular formula is C8H9BrN4O2. The molecule has 7 heteroatoms. The highest BCUT2D eigenvalue weighted by atomic mass is 79.9. The first kappa shape index (κ1) is 11.4. The smallest absolute Gasteiger partial charge is 0.332 e. The number of halogens is 1. The van der Waals surface area contributed by atoms with Crippen molar-refractivity contribution in [3.8, 4) is 0 Å². The maximum absolute atomic E-state index is 10.5. The number of carbonyl (C=O) groups is 1. The maximum atomic E-state index is 10.5. The fourth-order valence-corrected chi connectivity index (χ4v) is 1.24. The molecule has 0 aliphatic rings. The van der Waals surface area contributed by atoms with E-state index in [0.29, 0.717) is 0 Å². The standard InChI is InChI=1S/C8H9BrN4O2/c9-7-3-1-6(2-4-7)5-13(12-15)11-8(10)14/h1-4H,5H2,(H3,10,11,14). The summed E-state index contributed by atoms with van der Waals surface area (Å²) in [6.07, 6.45) is 0. The summed E-state index contributed by atoms with van der Waals surface area (Å²) >= 11 is 3.28.